The van der Waals surface area contributed by atoms with Crippen LogP contribution in [0.5, 0.6) is 0 Å². The molecule has 0 radical (unpaired) electrons. The summed E-state index contributed by atoms with van der Waals surface area (Å²) in [7, 11) is 0. The summed E-state index contributed by atoms with van der Waals surface area (Å²) >= 11 is 0. The molecule has 0 aliphatic heterocycles. The van der Waals surface area contributed by atoms with Gasteiger partial charge in [-0.3, -0.25) is 4.79 Å². The van der Waals surface area contributed by atoms with E-state index in [1.54, 1.807) is 0 Å². The molecular weight excluding hydrogens is 259 g/mol. The number of nitrogen functional groups attached to an aromatic ring is 1. The third-order valence-corrected chi connectivity index (χ3v) is 2.30. The van der Waals surface area contributed by atoms with Gasteiger partial charge in [-0.2, -0.15) is 0 Å². The molecule has 0 aliphatic rings. The van der Waals surface area contributed by atoms with Crippen molar-refractivity contribution in [2.24, 2.45) is 0 Å². The second-order valence-corrected chi connectivity index (χ2v) is 3.64. The zero-order chi connectivity index (χ0) is 14.0. The van der Waals surface area contributed by atoms with Crippen LogP contribution in [0.15, 0.2) is 30.5 Å². The number of pyridine rings is 1. The van der Waals surface area contributed by atoms with Crippen LogP contribution in [0, 0.1) is 17.5 Å². The maximum Gasteiger partial charge on any atom is 0.262 e. The third kappa shape index (κ3) is 2.65. The molecule has 98 valence electrons. The Hall–Kier alpha value is -2.57. The molecular formula is C12H8F3N3O. The number of carbonyl (C=O) groups is 1. The topological polar surface area (TPSA) is 68.0 Å². The molecule has 2 rings (SSSR count). The summed E-state index contributed by atoms with van der Waals surface area (Å²) in [5.41, 5.74) is 4.76. The Morgan fingerprint density at radius 1 is 1.21 bits per heavy atom. The number of nitrogens with one attached hydrogen (secondary N) is 1. The zero-order valence-corrected chi connectivity index (χ0v) is 9.45. The van der Waals surface area contributed by atoms with E-state index in [2.05, 4.69) is 10.3 Å². The van der Waals surface area contributed by atoms with Gasteiger partial charge >= 0.3 is 0 Å². The smallest absolute Gasteiger partial charge is 0.262 e. The summed E-state index contributed by atoms with van der Waals surface area (Å²) in [5.74, 6) is -4.84. The SMILES string of the molecule is Nc1cccnc1NC(=O)c1c(F)cc(F)cc1F. The number of amides is 1. The molecule has 0 unspecified atom stereocenters. The van der Waals surface area contributed by atoms with Gasteiger partial charge in [0.05, 0.1) is 5.69 Å². The van der Waals surface area contributed by atoms with Crippen molar-refractivity contribution in [2.45, 2.75) is 0 Å². The highest BCUT2D eigenvalue weighted by Gasteiger charge is 2.19. The average molecular weight is 267 g/mol. The van der Waals surface area contributed by atoms with E-state index in [0.717, 1.165) is 0 Å². The van der Waals surface area contributed by atoms with Crippen LogP contribution in [0.2, 0.25) is 0 Å². The van der Waals surface area contributed by atoms with Crippen molar-refractivity contribution in [3.63, 3.8) is 0 Å². The molecule has 19 heavy (non-hydrogen) atoms. The van der Waals surface area contributed by atoms with Crippen molar-refractivity contribution in [1.29, 1.82) is 0 Å². The second kappa shape index (κ2) is 4.97. The summed E-state index contributed by atoms with van der Waals surface area (Å²) in [5, 5.41) is 2.15. The number of carbonyl (C=O) groups excluding carboxylic acids is 1. The lowest BCUT2D eigenvalue weighted by Crippen LogP contribution is -2.17. The van der Waals surface area contributed by atoms with Gasteiger partial charge in [-0.25, -0.2) is 18.2 Å². The van der Waals surface area contributed by atoms with E-state index in [4.69, 9.17) is 5.73 Å². The van der Waals surface area contributed by atoms with E-state index in [9.17, 15) is 18.0 Å². The lowest BCUT2D eigenvalue weighted by molar-refractivity contribution is 0.101. The Labute approximate surface area is 106 Å². The lowest BCUT2D eigenvalue weighted by Gasteiger charge is -2.08. The number of halogens is 3. The predicted octanol–water partition coefficient (Wildman–Crippen LogP) is 2.33. The summed E-state index contributed by atoms with van der Waals surface area (Å²) in [4.78, 5) is 15.5. The first kappa shape index (κ1) is 12.9. The monoisotopic (exact) mass is 267 g/mol. The number of aromatic nitrogens is 1. The highest BCUT2D eigenvalue weighted by molar-refractivity contribution is 6.05. The number of nitrogens with zero attached hydrogens (tertiary/aromatic N) is 1. The highest BCUT2D eigenvalue weighted by Crippen LogP contribution is 2.18. The Bertz CT molecular complexity index is 623. The van der Waals surface area contributed by atoms with Crippen molar-refractivity contribution >= 4 is 17.4 Å². The number of nitrogens with two attached hydrogens (primary N) is 1. The minimum Gasteiger partial charge on any atom is -0.396 e. The largest absolute Gasteiger partial charge is 0.396 e. The van der Waals surface area contributed by atoms with Gasteiger partial charge in [0.2, 0.25) is 0 Å². The molecule has 0 aliphatic carbocycles. The summed E-state index contributed by atoms with van der Waals surface area (Å²) in [6.07, 6.45) is 1.35. The Kier molecular flexibility index (Phi) is 3.37. The van der Waals surface area contributed by atoms with Gasteiger partial charge < -0.3 is 11.1 Å². The average Bonchev–Trinajstić information content (AvgIpc) is 2.30. The molecule has 0 spiro atoms. The van der Waals surface area contributed by atoms with Crippen molar-refractivity contribution in [3.05, 3.63) is 53.5 Å². The molecule has 0 bridgehead atoms. The third-order valence-electron chi connectivity index (χ3n) is 2.30. The van der Waals surface area contributed by atoms with Crippen LogP contribution < -0.4 is 11.1 Å². The van der Waals surface area contributed by atoms with Gasteiger partial charge in [-0.15, -0.1) is 0 Å². The van der Waals surface area contributed by atoms with E-state index < -0.39 is 28.9 Å². The van der Waals surface area contributed by atoms with E-state index >= 15 is 0 Å². The summed E-state index contributed by atoms with van der Waals surface area (Å²) < 4.78 is 39.5. The Morgan fingerprint density at radius 2 is 1.84 bits per heavy atom. The summed E-state index contributed by atoms with van der Waals surface area (Å²) in [6.45, 7) is 0. The van der Waals surface area contributed by atoms with Crippen LogP contribution >= 0.6 is 0 Å². The molecule has 4 nitrogen and oxygen atoms in total. The maximum absolute atomic E-state index is 13.4. The van der Waals surface area contributed by atoms with Crippen molar-refractivity contribution < 1.29 is 18.0 Å². The highest BCUT2D eigenvalue weighted by atomic mass is 19.1. The number of hydrogen-bond acceptors (Lipinski definition) is 3. The number of rotatable bonds is 2. The van der Waals surface area contributed by atoms with Gasteiger partial charge in [-0.1, -0.05) is 0 Å². The summed E-state index contributed by atoms with van der Waals surface area (Å²) in [6, 6.07) is 3.82. The van der Waals surface area contributed by atoms with Crippen LogP contribution in [-0.2, 0) is 0 Å². The molecule has 0 saturated heterocycles. The van der Waals surface area contributed by atoms with Crippen LogP contribution in [0.4, 0.5) is 24.7 Å². The quantitative estimate of drug-likeness (QED) is 0.877. The molecule has 0 atom stereocenters. The standard InChI is InChI=1S/C12H8F3N3O/c13-6-4-7(14)10(8(15)5-6)12(19)18-11-9(16)2-1-3-17-11/h1-5H,16H2,(H,17,18,19). The van der Waals surface area contributed by atoms with Gasteiger partial charge in [0.15, 0.2) is 5.82 Å². The predicted molar refractivity (Wildman–Crippen MR) is 62.9 cm³/mol. The molecule has 2 aromatic rings. The fourth-order valence-corrected chi connectivity index (χ4v) is 1.45. The van der Waals surface area contributed by atoms with E-state index in [0.29, 0.717) is 12.1 Å². The Morgan fingerprint density at radius 3 is 2.42 bits per heavy atom. The molecule has 7 heteroatoms. The molecule has 0 fully saturated rings. The molecule has 1 aromatic heterocycles. The van der Waals surface area contributed by atoms with Crippen LogP contribution in [-0.4, -0.2) is 10.9 Å². The van der Waals surface area contributed by atoms with Gasteiger partial charge in [0.1, 0.15) is 23.0 Å². The number of benzene rings is 1. The molecule has 1 aromatic carbocycles. The minimum absolute atomic E-state index is 0.0318. The first-order valence-corrected chi connectivity index (χ1v) is 5.15. The van der Waals surface area contributed by atoms with Crippen LogP contribution in [0.3, 0.4) is 0 Å². The molecule has 1 amide bonds. The molecule has 0 saturated carbocycles. The Balaban J connectivity index is 2.34. The molecule has 3 N–H and O–H groups in total. The van der Waals surface area contributed by atoms with Crippen molar-refractivity contribution in [3.8, 4) is 0 Å². The van der Waals surface area contributed by atoms with Crippen molar-refractivity contribution in [1.82, 2.24) is 4.98 Å². The normalized spacial score (nSPS) is 10.3. The van der Waals surface area contributed by atoms with E-state index in [1.165, 1.54) is 18.3 Å². The second-order valence-electron chi connectivity index (χ2n) is 3.64. The van der Waals surface area contributed by atoms with Gasteiger partial charge in [-0.05, 0) is 12.1 Å². The fraction of sp³-hybridized carbons (Fsp3) is 0. The van der Waals surface area contributed by atoms with Gasteiger partial charge in [0.25, 0.3) is 5.91 Å². The van der Waals surface area contributed by atoms with E-state index in [-0.39, 0.29) is 11.5 Å². The minimum atomic E-state index is -1.30. The zero-order valence-electron chi connectivity index (χ0n) is 9.45. The first-order valence-electron chi connectivity index (χ1n) is 5.15. The maximum atomic E-state index is 13.4. The van der Waals surface area contributed by atoms with Crippen LogP contribution in [0.1, 0.15) is 10.4 Å². The van der Waals surface area contributed by atoms with E-state index in [1.807, 2.05) is 0 Å². The first-order chi connectivity index (χ1) is 8.99. The number of anilines is 2. The number of hydrogen-bond donors (Lipinski definition) is 2. The van der Waals surface area contributed by atoms with Gasteiger partial charge in [0, 0.05) is 18.3 Å². The fourth-order valence-electron chi connectivity index (χ4n) is 1.45. The molecule has 1 heterocycles. The van der Waals surface area contributed by atoms with Crippen molar-refractivity contribution in [2.75, 3.05) is 11.1 Å². The lowest BCUT2D eigenvalue weighted by atomic mass is 10.1. The van der Waals surface area contributed by atoms with Crippen LogP contribution in [0.25, 0.3) is 0 Å².